The molecule has 0 aromatic heterocycles. The van der Waals surface area contributed by atoms with Gasteiger partial charge in [0.25, 0.3) is 0 Å². The highest BCUT2D eigenvalue weighted by molar-refractivity contribution is 5.79. The molecule has 2 saturated carbocycles. The standard InChI is InChI=1S/C20H29NO4/c1-19-10-8-17(22)21-15(19)5-3-12-13-4-6-16(25-11-18(23)24)20(13,2)9-7-14(12)19/h5,12-14,16H,3-4,6-11H2,1-2H3,(H,21,22)(H,23,24)/t12-,13-,14-,16-,19+,20-/m0/s1. The smallest absolute Gasteiger partial charge is 0.329 e. The average molecular weight is 347 g/mol. The van der Waals surface area contributed by atoms with E-state index < -0.39 is 5.97 Å². The van der Waals surface area contributed by atoms with Gasteiger partial charge in [-0.05, 0) is 61.7 Å². The molecule has 0 aromatic carbocycles. The van der Waals surface area contributed by atoms with Gasteiger partial charge in [-0.3, -0.25) is 4.79 Å². The zero-order valence-electron chi connectivity index (χ0n) is 15.2. The molecule has 0 aromatic rings. The highest BCUT2D eigenvalue weighted by Crippen LogP contribution is 2.64. The third kappa shape index (κ3) is 2.54. The minimum absolute atomic E-state index is 0.0683. The molecule has 6 atom stereocenters. The first-order valence-corrected chi connectivity index (χ1v) is 9.68. The van der Waals surface area contributed by atoms with E-state index in [1.165, 1.54) is 0 Å². The van der Waals surface area contributed by atoms with Crippen LogP contribution in [0.4, 0.5) is 0 Å². The van der Waals surface area contributed by atoms with Crippen LogP contribution in [0.1, 0.15) is 58.8 Å². The van der Waals surface area contributed by atoms with Crippen molar-refractivity contribution in [3.63, 3.8) is 0 Å². The van der Waals surface area contributed by atoms with Crippen LogP contribution in [0.5, 0.6) is 0 Å². The second kappa shape index (κ2) is 5.83. The SMILES string of the molecule is C[C@]12CC[C@H]3[C@@H](CC=C4NC(=O)CC[C@@]43C)[C@@H]1CC[C@@H]2OCC(=O)O. The van der Waals surface area contributed by atoms with Crippen molar-refractivity contribution in [3.05, 3.63) is 11.8 Å². The predicted octanol–water partition coefficient (Wildman–Crippen LogP) is 3.10. The number of aliphatic carboxylic acids is 1. The molecular weight excluding hydrogens is 318 g/mol. The molecule has 2 N–H and O–H groups in total. The summed E-state index contributed by atoms with van der Waals surface area (Å²) in [5, 5.41) is 12.1. The van der Waals surface area contributed by atoms with Crippen LogP contribution in [-0.2, 0) is 14.3 Å². The number of carbonyl (C=O) groups excluding carboxylic acids is 1. The van der Waals surface area contributed by atoms with Crippen molar-refractivity contribution < 1.29 is 19.4 Å². The van der Waals surface area contributed by atoms with E-state index in [4.69, 9.17) is 9.84 Å². The molecule has 4 rings (SSSR count). The van der Waals surface area contributed by atoms with Crippen molar-refractivity contribution in [1.29, 1.82) is 0 Å². The fourth-order valence-electron chi connectivity index (χ4n) is 6.59. The van der Waals surface area contributed by atoms with Gasteiger partial charge in [0.2, 0.25) is 5.91 Å². The van der Waals surface area contributed by atoms with E-state index in [1.54, 1.807) is 0 Å². The van der Waals surface area contributed by atoms with Gasteiger partial charge in [0.05, 0.1) is 6.10 Å². The quantitative estimate of drug-likeness (QED) is 0.822. The number of fused-ring (bicyclic) bond motifs is 5. The molecule has 5 nitrogen and oxygen atoms in total. The van der Waals surface area contributed by atoms with Crippen molar-refractivity contribution in [2.24, 2.45) is 28.6 Å². The van der Waals surface area contributed by atoms with Crippen molar-refractivity contribution >= 4 is 11.9 Å². The van der Waals surface area contributed by atoms with Gasteiger partial charge in [0, 0.05) is 17.5 Å². The fourth-order valence-corrected chi connectivity index (χ4v) is 6.59. The lowest BCUT2D eigenvalue weighted by Gasteiger charge is -2.57. The van der Waals surface area contributed by atoms with Gasteiger partial charge in [0.1, 0.15) is 6.61 Å². The number of ether oxygens (including phenoxy) is 1. The Labute approximate surface area is 149 Å². The normalized spacial score (nSPS) is 45.7. The average Bonchev–Trinajstić information content (AvgIpc) is 2.90. The maximum atomic E-state index is 11.8. The number of nitrogens with one attached hydrogen (secondary N) is 1. The van der Waals surface area contributed by atoms with Crippen molar-refractivity contribution in [2.45, 2.75) is 64.9 Å². The zero-order valence-corrected chi connectivity index (χ0v) is 15.2. The second-order valence-electron chi connectivity index (χ2n) is 9.01. The first-order chi connectivity index (χ1) is 11.8. The van der Waals surface area contributed by atoms with Gasteiger partial charge >= 0.3 is 5.97 Å². The molecule has 0 unspecified atom stereocenters. The summed E-state index contributed by atoms with van der Waals surface area (Å²) in [6, 6.07) is 0. The molecule has 1 heterocycles. The second-order valence-corrected chi connectivity index (χ2v) is 9.01. The van der Waals surface area contributed by atoms with Crippen molar-refractivity contribution in [3.8, 4) is 0 Å². The first kappa shape index (κ1) is 17.1. The predicted molar refractivity (Wildman–Crippen MR) is 92.6 cm³/mol. The van der Waals surface area contributed by atoms with Gasteiger partial charge in [-0.2, -0.15) is 0 Å². The van der Waals surface area contributed by atoms with Crippen LogP contribution in [0.2, 0.25) is 0 Å². The molecule has 5 heteroatoms. The summed E-state index contributed by atoms with van der Waals surface area (Å²) in [5.74, 6) is 1.12. The Morgan fingerprint density at radius 1 is 1.28 bits per heavy atom. The number of hydrogen-bond acceptors (Lipinski definition) is 3. The van der Waals surface area contributed by atoms with Crippen LogP contribution in [-0.4, -0.2) is 29.7 Å². The summed E-state index contributed by atoms with van der Waals surface area (Å²) >= 11 is 0. The number of allylic oxidation sites excluding steroid dienone is 2. The number of carbonyl (C=O) groups is 2. The first-order valence-electron chi connectivity index (χ1n) is 9.68. The van der Waals surface area contributed by atoms with E-state index in [9.17, 15) is 9.59 Å². The molecule has 138 valence electrons. The molecule has 1 saturated heterocycles. The minimum Gasteiger partial charge on any atom is -0.480 e. The molecule has 1 amide bonds. The Hall–Kier alpha value is -1.36. The summed E-state index contributed by atoms with van der Waals surface area (Å²) in [6.45, 7) is 4.47. The Balaban J connectivity index is 1.57. The van der Waals surface area contributed by atoms with E-state index in [1.807, 2.05) is 0 Å². The third-order valence-corrected chi connectivity index (χ3v) is 7.93. The summed E-state index contributed by atoms with van der Waals surface area (Å²) in [7, 11) is 0. The van der Waals surface area contributed by atoms with Crippen molar-refractivity contribution in [2.75, 3.05) is 6.61 Å². The lowest BCUT2D eigenvalue weighted by molar-refractivity contribution is -0.150. The molecule has 0 radical (unpaired) electrons. The topological polar surface area (TPSA) is 75.6 Å². The lowest BCUT2D eigenvalue weighted by Crippen LogP contribution is -2.54. The Kier molecular flexibility index (Phi) is 3.98. The Morgan fingerprint density at radius 3 is 2.84 bits per heavy atom. The van der Waals surface area contributed by atoms with Crippen LogP contribution in [0.3, 0.4) is 0 Å². The van der Waals surface area contributed by atoms with Gasteiger partial charge in [-0.25, -0.2) is 4.79 Å². The van der Waals surface area contributed by atoms with E-state index in [-0.39, 0.29) is 29.4 Å². The molecule has 0 spiro atoms. The van der Waals surface area contributed by atoms with Gasteiger partial charge in [-0.15, -0.1) is 0 Å². The molecule has 0 bridgehead atoms. The number of amides is 1. The van der Waals surface area contributed by atoms with Gasteiger partial charge in [0.15, 0.2) is 0 Å². The molecule has 3 aliphatic carbocycles. The fraction of sp³-hybridized carbons (Fsp3) is 0.800. The monoisotopic (exact) mass is 347 g/mol. The maximum Gasteiger partial charge on any atom is 0.329 e. The van der Waals surface area contributed by atoms with E-state index >= 15 is 0 Å². The maximum absolute atomic E-state index is 11.8. The van der Waals surface area contributed by atoms with Crippen molar-refractivity contribution in [1.82, 2.24) is 5.32 Å². The number of hydrogen-bond donors (Lipinski definition) is 2. The summed E-state index contributed by atoms with van der Waals surface area (Å²) in [6.07, 6.45) is 9.30. The van der Waals surface area contributed by atoms with E-state index in [2.05, 4.69) is 25.2 Å². The highest BCUT2D eigenvalue weighted by Gasteiger charge is 2.59. The number of carboxylic acids is 1. The Bertz CT molecular complexity index is 629. The zero-order chi connectivity index (χ0) is 17.8. The minimum atomic E-state index is -0.878. The number of carboxylic acid groups (broad SMARTS) is 1. The lowest BCUT2D eigenvalue weighted by atomic mass is 9.50. The van der Waals surface area contributed by atoms with Crippen LogP contribution in [0.25, 0.3) is 0 Å². The summed E-state index contributed by atoms with van der Waals surface area (Å²) in [4.78, 5) is 22.7. The molecule has 3 fully saturated rings. The molecular formula is C20H29NO4. The van der Waals surface area contributed by atoms with E-state index in [0.717, 1.165) is 44.2 Å². The molecule has 25 heavy (non-hydrogen) atoms. The Morgan fingerprint density at radius 2 is 2.08 bits per heavy atom. The summed E-state index contributed by atoms with van der Waals surface area (Å²) in [5.41, 5.74) is 1.35. The van der Waals surface area contributed by atoms with E-state index in [0.29, 0.717) is 24.2 Å². The largest absolute Gasteiger partial charge is 0.480 e. The van der Waals surface area contributed by atoms with Gasteiger partial charge < -0.3 is 15.2 Å². The summed E-state index contributed by atoms with van der Waals surface area (Å²) < 4.78 is 5.79. The van der Waals surface area contributed by atoms with Crippen LogP contribution >= 0.6 is 0 Å². The van der Waals surface area contributed by atoms with Crippen LogP contribution in [0, 0.1) is 28.6 Å². The molecule has 1 aliphatic heterocycles. The third-order valence-electron chi connectivity index (χ3n) is 7.93. The van der Waals surface area contributed by atoms with Crippen LogP contribution < -0.4 is 5.32 Å². The van der Waals surface area contributed by atoms with Crippen LogP contribution in [0.15, 0.2) is 11.8 Å². The highest BCUT2D eigenvalue weighted by atomic mass is 16.5. The number of piperidine rings is 1. The number of rotatable bonds is 3. The van der Waals surface area contributed by atoms with Gasteiger partial charge in [-0.1, -0.05) is 19.9 Å². The molecule has 4 aliphatic rings.